The van der Waals surface area contributed by atoms with Crippen molar-refractivity contribution in [3.05, 3.63) is 11.8 Å². The van der Waals surface area contributed by atoms with Crippen molar-refractivity contribution in [1.29, 1.82) is 0 Å². The fourth-order valence-corrected chi connectivity index (χ4v) is 1.37. The van der Waals surface area contributed by atoms with Gasteiger partial charge in [-0.15, -0.1) is 0 Å². The van der Waals surface area contributed by atoms with Gasteiger partial charge in [0.05, 0.1) is 0 Å². The van der Waals surface area contributed by atoms with Crippen LogP contribution in [0.25, 0.3) is 0 Å². The van der Waals surface area contributed by atoms with E-state index in [-0.39, 0.29) is 11.3 Å². The summed E-state index contributed by atoms with van der Waals surface area (Å²) in [4.78, 5) is 11.0. The summed E-state index contributed by atoms with van der Waals surface area (Å²) in [6.07, 6.45) is 4.47. The Morgan fingerprint density at radius 1 is 1.33 bits per heavy atom. The Labute approximate surface area is 74.0 Å². The van der Waals surface area contributed by atoms with Crippen LogP contribution in [0.15, 0.2) is 11.8 Å². The number of carbonyl (C=O) groups excluding carboxylic acids is 1. The lowest BCUT2D eigenvalue weighted by Gasteiger charge is -2.25. The van der Waals surface area contributed by atoms with Gasteiger partial charge in [-0.2, -0.15) is 0 Å². The van der Waals surface area contributed by atoms with E-state index in [2.05, 4.69) is 26.1 Å². The Morgan fingerprint density at radius 3 is 2.50 bits per heavy atom. The third kappa shape index (κ3) is 3.07. The number of carbonyl (C=O) groups is 1. The maximum atomic E-state index is 11.0. The Hall–Kier alpha value is -0.790. The van der Waals surface area contributed by atoms with E-state index in [1.165, 1.54) is 0 Å². The maximum absolute atomic E-state index is 11.0. The molecule has 1 rings (SSSR count). The second-order valence-electron chi connectivity index (χ2n) is 4.36. The van der Waals surface area contributed by atoms with Crippen molar-refractivity contribution in [3.63, 3.8) is 0 Å². The smallest absolute Gasteiger partial charge is 0.157 e. The minimum Gasteiger partial charge on any atom is -0.384 e. The molecule has 68 valence electrons. The highest BCUT2D eigenvalue weighted by Crippen LogP contribution is 2.15. The largest absolute Gasteiger partial charge is 0.384 e. The van der Waals surface area contributed by atoms with E-state index < -0.39 is 0 Å². The zero-order valence-corrected chi connectivity index (χ0v) is 8.11. The molecule has 0 bridgehead atoms. The Balaban J connectivity index is 2.57. The van der Waals surface area contributed by atoms with Crippen molar-refractivity contribution >= 4 is 5.78 Å². The molecule has 12 heavy (non-hydrogen) atoms. The summed E-state index contributed by atoms with van der Waals surface area (Å²) in [5.41, 5.74) is 1.17. The van der Waals surface area contributed by atoms with Crippen LogP contribution in [0.2, 0.25) is 0 Å². The summed E-state index contributed by atoms with van der Waals surface area (Å²) in [5, 5.41) is 3.33. The molecule has 1 aliphatic carbocycles. The number of nitrogens with one attached hydrogen (secondary N) is 1. The topological polar surface area (TPSA) is 29.1 Å². The Bertz CT molecular complexity index is 210. The van der Waals surface area contributed by atoms with E-state index >= 15 is 0 Å². The first-order valence-electron chi connectivity index (χ1n) is 4.49. The van der Waals surface area contributed by atoms with Gasteiger partial charge < -0.3 is 5.32 Å². The number of allylic oxidation sites excluding steroid dienone is 2. The quantitative estimate of drug-likeness (QED) is 0.647. The van der Waals surface area contributed by atoms with Gasteiger partial charge in [0.15, 0.2) is 5.78 Å². The third-order valence-corrected chi connectivity index (χ3v) is 1.74. The molecule has 0 saturated carbocycles. The van der Waals surface area contributed by atoms with Crippen LogP contribution in [0, 0.1) is 0 Å². The fourth-order valence-electron chi connectivity index (χ4n) is 1.37. The monoisotopic (exact) mass is 167 g/mol. The van der Waals surface area contributed by atoms with Gasteiger partial charge in [0.2, 0.25) is 0 Å². The Morgan fingerprint density at radius 2 is 2.00 bits per heavy atom. The summed E-state index contributed by atoms with van der Waals surface area (Å²) in [6.45, 7) is 6.31. The molecule has 2 nitrogen and oxygen atoms in total. The molecule has 0 heterocycles. The van der Waals surface area contributed by atoms with Crippen molar-refractivity contribution in [2.45, 2.75) is 45.6 Å². The lowest BCUT2D eigenvalue weighted by Crippen LogP contribution is -2.36. The van der Waals surface area contributed by atoms with E-state index in [9.17, 15) is 4.79 Å². The average molecular weight is 167 g/mol. The molecule has 0 aromatic rings. The zero-order chi connectivity index (χ0) is 9.19. The normalized spacial score (nSPS) is 18.9. The van der Waals surface area contributed by atoms with Crippen molar-refractivity contribution in [1.82, 2.24) is 5.32 Å². The molecular weight excluding hydrogens is 150 g/mol. The molecule has 0 atom stereocenters. The SMILES string of the molecule is CC(C)(C)NC1=CC(=O)CCC1. The summed E-state index contributed by atoms with van der Waals surface area (Å²) in [7, 11) is 0. The van der Waals surface area contributed by atoms with Crippen LogP contribution < -0.4 is 5.32 Å². The summed E-state index contributed by atoms with van der Waals surface area (Å²) in [6, 6.07) is 0. The maximum Gasteiger partial charge on any atom is 0.157 e. The summed E-state index contributed by atoms with van der Waals surface area (Å²) < 4.78 is 0. The molecule has 0 aliphatic heterocycles. The van der Waals surface area contributed by atoms with Crippen LogP contribution in [0.3, 0.4) is 0 Å². The minimum atomic E-state index is 0.0729. The number of ketones is 1. The van der Waals surface area contributed by atoms with Crippen molar-refractivity contribution < 1.29 is 4.79 Å². The van der Waals surface area contributed by atoms with Crippen LogP contribution >= 0.6 is 0 Å². The third-order valence-electron chi connectivity index (χ3n) is 1.74. The van der Waals surface area contributed by atoms with Crippen LogP contribution in [-0.4, -0.2) is 11.3 Å². The van der Waals surface area contributed by atoms with Crippen LogP contribution in [0.4, 0.5) is 0 Å². The fraction of sp³-hybridized carbons (Fsp3) is 0.700. The number of hydrogen-bond donors (Lipinski definition) is 1. The van der Waals surface area contributed by atoms with Crippen molar-refractivity contribution in [2.75, 3.05) is 0 Å². The minimum absolute atomic E-state index is 0.0729. The van der Waals surface area contributed by atoms with Gasteiger partial charge in [0, 0.05) is 23.7 Å². The standard InChI is InChI=1S/C10H17NO/c1-10(2,3)11-8-5-4-6-9(12)7-8/h7,11H,4-6H2,1-3H3. The summed E-state index contributed by atoms with van der Waals surface area (Å²) in [5.74, 6) is 0.257. The lowest BCUT2D eigenvalue weighted by atomic mass is 10.0. The first-order valence-corrected chi connectivity index (χ1v) is 4.49. The molecule has 0 aromatic carbocycles. The van der Waals surface area contributed by atoms with Gasteiger partial charge >= 0.3 is 0 Å². The molecule has 0 radical (unpaired) electrons. The van der Waals surface area contributed by atoms with E-state index in [1.54, 1.807) is 6.08 Å². The molecule has 0 amide bonds. The van der Waals surface area contributed by atoms with E-state index in [4.69, 9.17) is 0 Å². The molecule has 0 unspecified atom stereocenters. The Kier molecular flexibility index (Phi) is 2.55. The second kappa shape index (κ2) is 3.30. The predicted molar refractivity (Wildman–Crippen MR) is 49.8 cm³/mol. The second-order valence-corrected chi connectivity index (χ2v) is 4.36. The number of rotatable bonds is 1. The molecule has 0 spiro atoms. The van der Waals surface area contributed by atoms with E-state index in [0.29, 0.717) is 0 Å². The van der Waals surface area contributed by atoms with Gasteiger partial charge in [0.1, 0.15) is 0 Å². The highest BCUT2D eigenvalue weighted by molar-refractivity contribution is 5.91. The van der Waals surface area contributed by atoms with Crippen LogP contribution in [0.1, 0.15) is 40.0 Å². The van der Waals surface area contributed by atoms with Crippen LogP contribution in [-0.2, 0) is 4.79 Å². The molecule has 1 N–H and O–H groups in total. The van der Waals surface area contributed by atoms with Gasteiger partial charge in [-0.3, -0.25) is 4.79 Å². The van der Waals surface area contributed by atoms with Gasteiger partial charge in [-0.05, 0) is 33.6 Å². The number of hydrogen-bond acceptors (Lipinski definition) is 2. The average Bonchev–Trinajstić information content (AvgIpc) is 1.82. The molecule has 0 saturated heterocycles. The molecule has 1 aliphatic rings. The lowest BCUT2D eigenvalue weighted by molar-refractivity contribution is -0.115. The van der Waals surface area contributed by atoms with E-state index in [1.807, 2.05) is 0 Å². The molecular formula is C10H17NO. The highest BCUT2D eigenvalue weighted by Gasteiger charge is 2.15. The zero-order valence-electron chi connectivity index (χ0n) is 8.11. The van der Waals surface area contributed by atoms with Gasteiger partial charge in [-0.1, -0.05) is 0 Å². The summed E-state index contributed by atoms with van der Waals surface area (Å²) >= 11 is 0. The molecule has 2 heteroatoms. The van der Waals surface area contributed by atoms with E-state index in [0.717, 1.165) is 25.0 Å². The van der Waals surface area contributed by atoms with Crippen molar-refractivity contribution in [2.24, 2.45) is 0 Å². The highest BCUT2D eigenvalue weighted by atomic mass is 16.1. The first kappa shape index (κ1) is 9.30. The van der Waals surface area contributed by atoms with Gasteiger partial charge in [-0.25, -0.2) is 0 Å². The molecule has 0 aromatic heterocycles. The predicted octanol–water partition coefficient (Wildman–Crippen LogP) is 2.01. The first-order chi connectivity index (χ1) is 5.47. The van der Waals surface area contributed by atoms with Crippen molar-refractivity contribution in [3.8, 4) is 0 Å². The van der Waals surface area contributed by atoms with Gasteiger partial charge in [0.25, 0.3) is 0 Å². The molecule has 0 fully saturated rings. The van der Waals surface area contributed by atoms with Crippen LogP contribution in [0.5, 0.6) is 0 Å².